The Bertz CT molecular complexity index is 1120. The highest BCUT2D eigenvalue weighted by Gasteiger charge is 2.42. The molecule has 3 rings (SSSR count). The van der Waals surface area contributed by atoms with E-state index in [0.717, 1.165) is 36.3 Å². The van der Waals surface area contributed by atoms with Crippen molar-refractivity contribution in [2.75, 3.05) is 37.2 Å². The number of anilines is 2. The minimum atomic E-state index is -3.66. The second-order valence-corrected chi connectivity index (χ2v) is 11.8. The van der Waals surface area contributed by atoms with Crippen molar-refractivity contribution in [2.24, 2.45) is 5.41 Å². The summed E-state index contributed by atoms with van der Waals surface area (Å²) in [6, 6.07) is 13.2. The summed E-state index contributed by atoms with van der Waals surface area (Å²) in [6.07, 6.45) is 3.93. The number of rotatable bonds is 10. The Labute approximate surface area is 212 Å². The smallest absolute Gasteiger partial charge is 0.338 e. The first kappa shape index (κ1) is 27.4. The molecule has 1 N–H and O–H groups in total. The lowest BCUT2D eigenvalue weighted by molar-refractivity contribution is -0.151. The zero-order chi connectivity index (χ0) is 25.6. The van der Waals surface area contributed by atoms with Gasteiger partial charge in [-0.15, -0.1) is 11.8 Å². The molecule has 0 unspecified atom stereocenters. The molecular weight excluding hydrogens is 486 g/mol. The number of aliphatic hydroxyl groups is 1. The van der Waals surface area contributed by atoms with Crippen LogP contribution in [0.15, 0.2) is 52.3 Å². The monoisotopic (exact) mass is 521 g/mol. The number of para-hydroxylation sites is 1. The fourth-order valence-electron chi connectivity index (χ4n) is 4.51. The van der Waals surface area contributed by atoms with Crippen LogP contribution < -0.4 is 9.64 Å². The third-order valence-corrected chi connectivity index (χ3v) is 9.36. The molecule has 2 aromatic rings. The number of esters is 1. The maximum absolute atomic E-state index is 13.8. The number of unbranched alkanes of at least 4 members (excludes halogenated alkanes) is 1. The summed E-state index contributed by atoms with van der Waals surface area (Å²) in [5.41, 5.74) is 1.15. The lowest BCUT2D eigenvalue weighted by Crippen LogP contribution is -2.37. The number of benzene rings is 2. The lowest BCUT2D eigenvalue weighted by atomic mass is 9.81. The molecule has 192 valence electrons. The van der Waals surface area contributed by atoms with Crippen LogP contribution in [0.5, 0.6) is 5.75 Å². The number of fused-ring (bicyclic) bond motifs is 1. The molecule has 2 atom stereocenters. The molecule has 35 heavy (non-hydrogen) atoms. The molecule has 1 aliphatic heterocycles. The molecule has 0 radical (unpaired) electrons. The van der Waals surface area contributed by atoms with Crippen molar-refractivity contribution in [1.82, 2.24) is 0 Å². The summed E-state index contributed by atoms with van der Waals surface area (Å²) in [4.78, 5) is 14.6. The van der Waals surface area contributed by atoms with Gasteiger partial charge in [0.05, 0.1) is 28.3 Å². The number of aliphatic hydroxyl groups excluding tert-OH is 1. The van der Waals surface area contributed by atoms with Gasteiger partial charge in [-0.25, -0.2) is 13.2 Å². The number of methoxy groups -OCH3 is 1. The molecule has 0 spiro atoms. The number of sulfone groups is 1. The second kappa shape index (κ2) is 11.7. The Hall–Kier alpha value is -2.23. The Morgan fingerprint density at radius 3 is 2.54 bits per heavy atom. The van der Waals surface area contributed by atoms with E-state index in [-0.39, 0.29) is 17.3 Å². The SMILES string of the molecule is CCCC[C@@]1(CC)CN(c2ccccc2)c2cc(SC)c(OC[C@H](O)C(=O)OC)cc2S(=O)(=O)C1. The zero-order valence-corrected chi connectivity index (χ0v) is 22.5. The Balaban J connectivity index is 2.16. The molecule has 2 aromatic carbocycles. The predicted octanol–water partition coefficient (Wildman–Crippen LogP) is 4.83. The minimum Gasteiger partial charge on any atom is -0.489 e. The average Bonchev–Trinajstić information content (AvgIpc) is 2.97. The van der Waals surface area contributed by atoms with Gasteiger partial charge in [-0.05, 0) is 37.3 Å². The molecule has 0 amide bonds. The molecule has 1 aliphatic rings. The van der Waals surface area contributed by atoms with Gasteiger partial charge in [0.1, 0.15) is 12.4 Å². The maximum Gasteiger partial charge on any atom is 0.338 e. The number of carbonyl (C=O) groups excluding carboxylic acids is 1. The molecule has 7 nitrogen and oxygen atoms in total. The van der Waals surface area contributed by atoms with Gasteiger partial charge in [0, 0.05) is 23.7 Å². The summed E-state index contributed by atoms with van der Waals surface area (Å²) < 4.78 is 38.0. The number of hydrogen-bond acceptors (Lipinski definition) is 8. The van der Waals surface area contributed by atoms with E-state index < -0.39 is 27.3 Å². The Morgan fingerprint density at radius 2 is 1.94 bits per heavy atom. The van der Waals surface area contributed by atoms with Crippen molar-refractivity contribution in [3.05, 3.63) is 42.5 Å². The molecule has 0 saturated carbocycles. The molecule has 0 bridgehead atoms. The first-order valence-electron chi connectivity index (χ1n) is 11.9. The zero-order valence-electron chi connectivity index (χ0n) is 20.8. The van der Waals surface area contributed by atoms with Crippen molar-refractivity contribution < 1.29 is 27.8 Å². The Morgan fingerprint density at radius 1 is 1.23 bits per heavy atom. The van der Waals surface area contributed by atoms with Crippen LogP contribution in [0, 0.1) is 5.41 Å². The van der Waals surface area contributed by atoms with Crippen LogP contribution >= 0.6 is 11.8 Å². The van der Waals surface area contributed by atoms with Crippen LogP contribution in [-0.2, 0) is 19.4 Å². The largest absolute Gasteiger partial charge is 0.489 e. The van der Waals surface area contributed by atoms with Gasteiger partial charge in [0.2, 0.25) is 0 Å². The summed E-state index contributed by atoms with van der Waals surface area (Å²) in [5.74, 6) is -0.444. The van der Waals surface area contributed by atoms with Crippen molar-refractivity contribution in [2.45, 2.75) is 55.4 Å². The minimum absolute atomic E-state index is 0.0513. The van der Waals surface area contributed by atoms with E-state index in [9.17, 15) is 18.3 Å². The molecular formula is C26H35NO6S2. The van der Waals surface area contributed by atoms with E-state index in [1.54, 1.807) is 6.07 Å². The molecule has 0 aromatic heterocycles. The molecule has 9 heteroatoms. The van der Waals surface area contributed by atoms with E-state index in [0.29, 0.717) is 18.0 Å². The lowest BCUT2D eigenvalue weighted by Gasteiger charge is -2.36. The molecule has 0 saturated heterocycles. The second-order valence-electron chi connectivity index (χ2n) is 8.96. The highest BCUT2D eigenvalue weighted by atomic mass is 32.2. The van der Waals surface area contributed by atoms with Crippen LogP contribution in [0.25, 0.3) is 0 Å². The van der Waals surface area contributed by atoms with E-state index in [2.05, 4.69) is 23.5 Å². The van der Waals surface area contributed by atoms with Crippen molar-refractivity contribution in [1.29, 1.82) is 0 Å². The topological polar surface area (TPSA) is 93.1 Å². The normalized spacial score (nSPS) is 20.0. The number of thioether (sulfide) groups is 1. The summed E-state index contributed by atoms with van der Waals surface area (Å²) in [5, 5.41) is 9.97. The fraction of sp³-hybridized carbons (Fsp3) is 0.500. The first-order valence-corrected chi connectivity index (χ1v) is 14.7. The number of nitrogens with zero attached hydrogens (tertiary/aromatic N) is 1. The average molecular weight is 522 g/mol. The van der Waals surface area contributed by atoms with Gasteiger partial charge in [-0.3, -0.25) is 0 Å². The number of ether oxygens (including phenoxy) is 2. The third kappa shape index (κ3) is 6.13. The Kier molecular flexibility index (Phi) is 9.12. The highest BCUT2D eigenvalue weighted by Crippen LogP contribution is 2.47. The molecule has 0 aliphatic carbocycles. The van der Waals surface area contributed by atoms with E-state index in [1.807, 2.05) is 42.7 Å². The summed E-state index contributed by atoms with van der Waals surface area (Å²) in [7, 11) is -2.48. The van der Waals surface area contributed by atoms with E-state index in [4.69, 9.17) is 4.74 Å². The maximum atomic E-state index is 13.8. The fourth-order valence-corrected chi connectivity index (χ4v) is 7.24. The number of carbonyl (C=O) groups is 1. The van der Waals surface area contributed by atoms with Gasteiger partial charge in [-0.2, -0.15) is 0 Å². The number of hydrogen-bond donors (Lipinski definition) is 1. The standard InChI is InChI=1S/C26H35NO6S2/c1-5-7-13-26(6-2)17-27(19-11-9-8-10-12-19)20-14-23(34-4)22(15-24(20)35(30,31)18-26)33-16-21(28)25(29)32-3/h8-12,14-15,21,28H,5-7,13,16-18H2,1-4H3/t21-,26-/m0/s1. The van der Waals surface area contributed by atoms with Crippen LogP contribution in [0.4, 0.5) is 11.4 Å². The van der Waals surface area contributed by atoms with Gasteiger partial charge in [0.25, 0.3) is 0 Å². The van der Waals surface area contributed by atoms with Crippen molar-refractivity contribution in [3.63, 3.8) is 0 Å². The summed E-state index contributed by atoms with van der Waals surface area (Å²) >= 11 is 1.41. The van der Waals surface area contributed by atoms with Gasteiger partial charge < -0.3 is 19.5 Å². The highest BCUT2D eigenvalue weighted by molar-refractivity contribution is 7.98. The first-order chi connectivity index (χ1) is 16.7. The molecule has 0 fully saturated rings. The van der Waals surface area contributed by atoms with Crippen molar-refractivity contribution >= 4 is 38.9 Å². The molecule has 1 heterocycles. The third-order valence-electron chi connectivity index (χ3n) is 6.61. The summed E-state index contributed by atoms with van der Waals surface area (Å²) in [6.45, 7) is 4.45. The quantitative estimate of drug-likeness (QED) is 0.351. The van der Waals surface area contributed by atoms with E-state index in [1.165, 1.54) is 18.9 Å². The predicted molar refractivity (Wildman–Crippen MR) is 139 cm³/mol. The van der Waals surface area contributed by atoms with Crippen LogP contribution in [0.1, 0.15) is 39.5 Å². The van der Waals surface area contributed by atoms with Crippen LogP contribution in [0.3, 0.4) is 0 Å². The van der Waals surface area contributed by atoms with Crippen molar-refractivity contribution in [3.8, 4) is 5.75 Å². The van der Waals surface area contributed by atoms with Crippen LogP contribution in [-0.4, -0.2) is 57.9 Å². The van der Waals surface area contributed by atoms with Gasteiger partial charge in [0.15, 0.2) is 15.9 Å². The van der Waals surface area contributed by atoms with E-state index >= 15 is 0 Å². The van der Waals surface area contributed by atoms with Gasteiger partial charge >= 0.3 is 5.97 Å². The van der Waals surface area contributed by atoms with Crippen LogP contribution in [0.2, 0.25) is 0 Å². The van der Waals surface area contributed by atoms with Gasteiger partial charge in [-0.1, -0.05) is 44.9 Å².